The number of fused-ring (bicyclic) bond motifs is 8. The molecule has 0 atom stereocenters. The Hall–Kier alpha value is -3.75. The van der Waals surface area contributed by atoms with E-state index in [9.17, 15) is 0 Å². The van der Waals surface area contributed by atoms with Gasteiger partial charge in [-0.2, -0.15) is 0 Å². The highest BCUT2D eigenvalue weighted by Gasteiger charge is 2.19. The van der Waals surface area contributed by atoms with Crippen molar-refractivity contribution in [2.45, 2.75) is 0 Å². The number of hydrogen-bond acceptors (Lipinski definition) is 0. The number of rotatable bonds is 1. The number of hydrogen-bond donors (Lipinski definition) is 1. The van der Waals surface area contributed by atoms with Crippen molar-refractivity contribution < 1.29 is 0 Å². The largest absolute Gasteiger partial charge is 0.354 e. The van der Waals surface area contributed by atoms with Gasteiger partial charge < -0.3 is 9.55 Å². The Kier molecular flexibility index (Phi) is 3.36. The van der Waals surface area contributed by atoms with E-state index >= 15 is 0 Å². The summed E-state index contributed by atoms with van der Waals surface area (Å²) in [4.78, 5) is 3.68. The third-order valence-corrected chi connectivity index (χ3v) is 6.70. The maximum absolute atomic E-state index is 6.85. The standard InChI is InChI=1S/C28H17ClN2/c29-22-15-13-17-7-1-2-8-18(17)28(22)31-24-12-6-4-10-21(24)26-25(31)16-14-20-19-9-3-5-11-23(19)30-27(20)26/h1-16,30H. The molecule has 0 amide bonds. The van der Waals surface area contributed by atoms with Crippen molar-refractivity contribution >= 4 is 66.0 Å². The summed E-state index contributed by atoms with van der Waals surface area (Å²) in [6.45, 7) is 0. The Morgan fingerprint density at radius 2 is 1.32 bits per heavy atom. The zero-order valence-corrected chi connectivity index (χ0v) is 17.3. The van der Waals surface area contributed by atoms with Gasteiger partial charge in [-0.25, -0.2) is 0 Å². The van der Waals surface area contributed by atoms with Gasteiger partial charge in [0.25, 0.3) is 0 Å². The zero-order valence-electron chi connectivity index (χ0n) is 16.6. The fourth-order valence-electron chi connectivity index (χ4n) is 5.07. The molecule has 0 saturated heterocycles. The van der Waals surface area contributed by atoms with Crippen molar-refractivity contribution in [2.24, 2.45) is 0 Å². The number of nitrogens with zero attached hydrogens (tertiary/aromatic N) is 1. The van der Waals surface area contributed by atoms with Gasteiger partial charge in [-0.05, 0) is 29.7 Å². The SMILES string of the molecule is Clc1ccc2ccccc2c1-n1c2ccccc2c2c3[nH]c4ccccc4c3ccc21. The van der Waals surface area contributed by atoms with Crippen LogP contribution in [0, 0.1) is 0 Å². The van der Waals surface area contributed by atoms with Crippen LogP contribution in [0.15, 0.2) is 97.1 Å². The van der Waals surface area contributed by atoms with E-state index in [2.05, 4.69) is 101 Å². The Bertz CT molecular complexity index is 1800. The van der Waals surface area contributed by atoms with Gasteiger partial charge in [0.15, 0.2) is 0 Å². The highest BCUT2D eigenvalue weighted by Crippen LogP contribution is 2.41. The lowest BCUT2D eigenvalue weighted by atomic mass is 10.1. The third-order valence-electron chi connectivity index (χ3n) is 6.39. The monoisotopic (exact) mass is 416 g/mol. The first-order chi connectivity index (χ1) is 15.3. The molecule has 5 aromatic carbocycles. The summed E-state index contributed by atoms with van der Waals surface area (Å²) in [5.74, 6) is 0. The fourth-order valence-corrected chi connectivity index (χ4v) is 5.32. The van der Waals surface area contributed by atoms with Crippen molar-refractivity contribution in [1.29, 1.82) is 0 Å². The topological polar surface area (TPSA) is 20.7 Å². The quantitative estimate of drug-likeness (QED) is 0.278. The molecule has 0 aliphatic heterocycles. The smallest absolute Gasteiger partial charge is 0.0726 e. The van der Waals surface area contributed by atoms with E-state index in [0.29, 0.717) is 0 Å². The van der Waals surface area contributed by atoms with Gasteiger partial charge in [0.2, 0.25) is 0 Å². The first-order valence-corrected chi connectivity index (χ1v) is 10.8. The maximum atomic E-state index is 6.85. The lowest BCUT2D eigenvalue weighted by molar-refractivity contribution is 1.20. The number of aromatic amines is 1. The summed E-state index contributed by atoms with van der Waals surface area (Å²) in [7, 11) is 0. The van der Waals surface area contributed by atoms with Crippen LogP contribution < -0.4 is 0 Å². The number of halogens is 1. The first kappa shape index (κ1) is 17.0. The molecule has 31 heavy (non-hydrogen) atoms. The lowest BCUT2D eigenvalue weighted by Gasteiger charge is -2.13. The van der Waals surface area contributed by atoms with E-state index < -0.39 is 0 Å². The Morgan fingerprint density at radius 1 is 0.581 bits per heavy atom. The van der Waals surface area contributed by atoms with Crippen LogP contribution in [0.1, 0.15) is 0 Å². The van der Waals surface area contributed by atoms with Gasteiger partial charge in [-0.1, -0.05) is 84.4 Å². The third kappa shape index (κ3) is 2.23. The molecule has 0 fully saturated rings. The van der Waals surface area contributed by atoms with Crippen LogP contribution in [0.25, 0.3) is 60.1 Å². The van der Waals surface area contributed by atoms with Gasteiger partial charge >= 0.3 is 0 Å². The molecule has 0 unspecified atom stereocenters. The number of aromatic nitrogens is 2. The summed E-state index contributed by atoms with van der Waals surface area (Å²) in [5.41, 5.74) is 5.66. The molecule has 3 heteroatoms. The molecule has 2 nitrogen and oxygen atoms in total. The van der Waals surface area contributed by atoms with E-state index in [1.165, 1.54) is 32.4 Å². The van der Waals surface area contributed by atoms with Crippen molar-refractivity contribution in [1.82, 2.24) is 9.55 Å². The van der Waals surface area contributed by atoms with Crippen LogP contribution in [-0.4, -0.2) is 9.55 Å². The second-order valence-corrected chi connectivity index (χ2v) is 8.43. The molecule has 1 N–H and O–H groups in total. The summed E-state index contributed by atoms with van der Waals surface area (Å²) in [6.07, 6.45) is 0. The van der Waals surface area contributed by atoms with E-state index in [-0.39, 0.29) is 0 Å². The van der Waals surface area contributed by atoms with Gasteiger partial charge in [0.05, 0.1) is 27.3 Å². The van der Waals surface area contributed by atoms with Crippen molar-refractivity contribution in [3.63, 3.8) is 0 Å². The average Bonchev–Trinajstić information content (AvgIpc) is 3.35. The highest BCUT2D eigenvalue weighted by molar-refractivity contribution is 6.34. The van der Waals surface area contributed by atoms with Crippen LogP contribution in [0.5, 0.6) is 0 Å². The summed E-state index contributed by atoms with van der Waals surface area (Å²) in [5, 5.41) is 8.02. The Balaban J connectivity index is 1.75. The zero-order chi connectivity index (χ0) is 20.5. The predicted octanol–water partition coefficient (Wildman–Crippen LogP) is 8.22. The highest BCUT2D eigenvalue weighted by atomic mass is 35.5. The van der Waals surface area contributed by atoms with E-state index in [1.807, 2.05) is 6.07 Å². The second kappa shape index (κ2) is 6.13. The molecule has 7 aromatic rings. The second-order valence-electron chi connectivity index (χ2n) is 8.02. The Labute approximate surface area is 183 Å². The fraction of sp³-hybridized carbons (Fsp3) is 0. The first-order valence-electron chi connectivity index (χ1n) is 10.4. The van der Waals surface area contributed by atoms with Crippen LogP contribution in [0.3, 0.4) is 0 Å². The minimum Gasteiger partial charge on any atom is -0.354 e. The molecule has 2 heterocycles. The Morgan fingerprint density at radius 3 is 2.23 bits per heavy atom. The number of benzene rings is 5. The van der Waals surface area contributed by atoms with Crippen LogP contribution in [0.2, 0.25) is 5.02 Å². The van der Waals surface area contributed by atoms with E-state index in [0.717, 1.165) is 32.6 Å². The molecule has 7 rings (SSSR count). The lowest BCUT2D eigenvalue weighted by Crippen LogP contribution is -1.96. The minimum atomic E-state index is 0.748. The predicted molar refractivity (Wildman–Crippen MR) is 133 cm³/mol. The van der Waals surface area contributed by atoms with Crippen molar-refractivity contribution in [2.75, 3.05) is 0 Å². The average molecular weight is 417 g/mol. The summed E-state index contributed by atoms with van der Waals surface area (Å²) >= 11 is 6.85. The van der Waals surface area contributed by atoms with Gasteiger partial charge in [0, 0.05) is 32.4 Å². The van der Waals surface area contributed by atoms with Gasteiger partial charge in [-0.15, -0.1) is 0 Å². The van der Waals surface area contributed by atoms with Crippen LogP contribution >= 0.6 is 11.6 Å². The number of para-hydroxylation sites is 2. The molecule has 0 bridgehead atoms. The molecule has 0 aliphatic carbocycles. The van der Waals surface area contributed by atoms with Gasteiger partial charge in [0.1, 0.15) is 0 Å². The molecular weight excluding hydrogens is 400 g/mol. The molecule has 0 radical (unpaired) electrons. The maximum Gasteiger partial charge on any atom is 0.0726 e. The van der Waals surface area contributed by atoms with E-state index in [4.69, 9.17) is 11.6 Å². The molecule has 146 valence electrons. The van der Waals surface area contributed by atoms with Gasteiger partial charge in [-0.3, -0.25) is 0 Å². The summed E-state index contributed by atoms with van der Waals surface area (Å²) < 4.78 is 2.32. The van der Waals surface area contributed by atoms with Crippen molar-refractivity contribution in [3.8, 4) is 5.69 Å². The summed E-state index contributed by atoms with van der Waals surface area (Å²) in [6, 6.07) is 34.1. The van der Waals surface area contributed by atoms with Crippen LogP contribution in [0.4, 0.5) is 0 Å². The normalized spacial score (nSPS) is 12.0. The number of nitrogens with one attached hydrogen (secondary N) is 1. The van der Waals surface area contributed by atoms with Crippen molar-refractivity contribution in [3.05, 3.63) is 102 Å². The van der Waals surface area contributed by atoms with E-state index in [1.54, 1.807) is 0 Å². The molecular formula is C28H17ClN2. The molecule has 0 spiro atoms. The molecule has 2 aromatic heterocycles. The minimum absolute atomic E-state index is 0.748. The van der Waals surface area contributed by atoms with Crippen LogP contribution in [-0.2, 0) is 0 Å². The molecule has 0 aliphatic rings. The molecule has 0 saturated carbocycles. The number of H-pyrrole nitrogens is 1.